The number of ether oxygens (including phenoxy) is 2. The summed E-state index contributed by atoms with van der Waals surface area (Å²) in [5.74, 6) is -1.96. The van der Waals surface area contributed by atoms with Crippen molar-refractivity contribution in [3.05, 3.63) is 83.8 Å². The van der Waals surface area contributed by atoms with E-state index >= 15 is 0 Å². The molecule has 19 heteroatoms. The van der Waals surface area contributed by atoms with Gasteiger partial charge in [-0.25, -0.2) is 14.8 Å². The van der Waals surface area contributed by atoms with Crippen LogP contribution in [0.5, 0.6) is 0 Å². The highest BCUT2D eigenvalue weighted by Gasteiger charge is 2.26. The summed E-state index contributed by atoms with van der Waals surface area (Å²) in [4.78, 5) is 72.4. The van der Waals surface area contributed by atoms with Crippen LogP contribution >= 0.6 is 0 Å². The van der Waals surface area contributed by atoms with Crippen LogP contribution < -0.4 is 38.9 Å². The highest BCUT2D eigenvalue weighted by Crippen LogP contribution is 2.20. The first-order chi connectivity index (χ1) is 26.4. The molecule has 55 heavy (non-hydrogen) atoms. The number of aliphatic imine (C=N–C) groups is 1. The number of amides is 1. The molecule has 2 aromatic carbocycles. The number of hydrogen-bond donors (Lipinski definition) is 7. The van der Waals surface area contributed by atoms with E-state index in [9.17, 15) is 19.2 Å². The zero-order chi connectivity index (χ0) is 39.9. The summed E-state index contributed by atoms with van der Waals surface area (Å²) in [7, 11) is 1.29. The van der Waals surface area contributed by atoms with Crippen LogP contribution in [-0.4, -0.2) is 89.5 Å². The lowest BCUT2D eigenvalue weighted by molar-refractivity contribution is -0.152. The molecule has 2 heterocycles. The highest BCUT2D eigenvalue weighted by atomic mass is 16.7. The minimum atomic E-state index is -1.15. The Morgan fingerprint density at radius 2 is 1.73 bits per heavy atom. The first-order valence-corrected chi connectivity index (χ1v) is 17.3. The fourth-order valence-electron chi connectivity index (χ4n) is 5.02. The standard InChI is InChI=1S/C36H46N12O7/c1-21(20-54-34(51)25(37)6-5-16-43-36(40)41)31(38)35(52)55-47-32(39)22-8-11-24(12-9-22)44-19-28-45-26-13-10-23(18-27(26)46-28)33(50)48(17-14-30(49)53-2)29-7-3-4-15-42-29/h3-4,7-13,15,18,21,25,31,44H,5-6,14,16-17,19-20,37-38H2,1-2H3,(H2,39,47)(H,45,46)(H4,40,41,43). The Hall–Kier alpha value is -6.60. The Bertz CT molecular complexity index is 1980. The third-order valence-corrected chi connectivity index (χ3v) is 8.23. The summed E-state index contributed by atoms with van der Waals surface area (Å²) < 4.78 is 9.95. The Balaban J connectivity index is 1.27. The van der Waals surface area contributed by atoms with E-state index in [0.717, 1.165) is 5.69 Å². The molecule has 19 nitrogen and oxygen atoms in total. The number of methoxy groups -OCH3 is 1. The maximum Gasteiger partial charge on any atom is 0.352 e. The molecule has 0 saturated carbocycles. The second kappa shape index (κ2) is 20.0. The number of rotatable bonds is 19. The first kappa shape index (κ1) is 41.2. The number of hydrogen-bond acceptors (Lipinski definition) is 14. The lowest BCUT2D eigenvalue weighted by Gasteiger charge is -2.21. The summed E-state index contributed by atoms with van der Waals surface area (Å²) in [6.45, 7) is 2.20. The number of carbonyl (C=O) groups excluding carboxylic acids is 4. The number of oxime groups is 1. The second-order valence-corrected chi connectivity index (χ2v) is 12.4. The van der Waals surface area contributed by atoms with Gasteiger partial charge < -0.3 is 53.3 Å². The number of anilines is 2. The van der Waals surface area contributed by atoms with Crippen LogP contribution in [-0.2, 0) is 35.2 Å². The average molecular weight is 759 g/mol. The molecule has 4 rings (SSSR count). The Labute approximate surface area is 316 Å². The number of esters is 2. The molecule has 0 aliphatic carbocycles. The predicted octanol–water partition coefficient (Wildman–Crippen LogP) is 0.831. The van der Waals surface area contributed by atoms with Crippen LogP contribution in [0, 0.1) is 5.92 Å². The lowest BCUT2D eigenvalue weighted by atomic mass is 10.0. The second-order valence-electron chi connectivity index (χ2n) is 12.4. The molecule has 0 bridgehead atoms. The molecule has 3 unspecified atom stereocenters. The van der Waals surface area contributed by atoms with Gasteiger partial charge in [0.15, 0.2) is 11.8 Å². The van der Waals surface area contributed by atoms with Crippen molar-refractivity contribution >= 4 is 58.1 Å². The van der Waals surface area contributed by atoms with E-state index in [1.165, 1.54) is 12.0 Å². The maximum absolute atomic E-state index is 13.5. The Morgan fingerprint density at radius 1 is 0.982 bits per heavy atom. The van der Waals surface area contributed by atoms with E-state index in [4.69, 9.17) is 43.0 Å². The van der Waals surface area contributed by atoms with Crippen molar-refractivity contribution in [1.82, 2.24) is 15.0 Å². The topological polar surface area (TPSA) is 308 Å². The van der Waals surface area contributed by atoms with E-state index in [-0.39, 0.29) is 37.3 Å². The minimum absolute atomic E-state index is 0.00709. The number of nitrogens with one attached hydrogen (secondary N) is 2. The number of H-pyrrole nitrogens is 1. The van der Waals surface area contributed by atoms with Gasteiger partial charge in [0.2, 0.25) is 0 Å². The van der Waals surface area contributed by atoms with E-state index in [0.29, 0.717) is 59.7 Å². The van der Waals surface area contributed by atoms with Gasteiger partial charge in [0.05, 0.1) is 37.7 Å². The van der Waals surface area contributed by atoms with Crippen molar-refractivity contribution in [3.63, 3.8) is 0 Å². The van der Waals surface area contributed by atoms with Gasteiger partial charge in [0, 0.05) is 42.0 Å². The molecule has 12 N–H and O–H groups in total. The molecule has 3 atom stereocenters. The van der Waals surface area contributed by atoms with Crippen molar-refractivity contribution in [3.8, 4) is 0 Å². The normalized spacial score (nSPS) is 12.9. The van der Waals surface area contributed by atoms with Crippen LogP contribution in [0.25, 0.3) is 11.0 Å². The number of pyridine rings is 1. The molecule has 0 aliphatic rings. The van der Waals surface area contributed by atoms with Crippen molar-refractivity contribution < 1.29 is 33.5 Å². The van der Waals surface area contributed by atoms with Gasteiger partial charge in [-0.05, 0) is 67.4 Å². The molecule has 2 aromatic heterocycles. The van der Waals surface area contributed by atoms with Gasteiger partial charge in [-0.15, -0.1) is 0 Å². The zero-order valence-electron chi connectivity index (χ0n) is 30.5. The molecule has 4 aromatic rings. The smallest absolute Gasteiger partial charge is 0.352 e. The maximum atomic E-state index is 13.5. The average Bonchev–Trinajstić information content (AvgIpc) is 3.61. The van der Waals surface area contributed by atoms with Crippen molar-refractivity contribution in [2.75, 3.05) is 37.0 Å². The lowest BCUT2D eigenvalue weighted by Crippen LogP contribution is -2.41. The van der Waals surface area contributed by atoms with E-state index in [2.05, 4.69) is 30.4 Å². The monoisotopic (exact) mass is 758 g/mol. The molecule has 0 fully saturated rings. The third kappa shape index (κ3) is 12.2. The van der Waals surface area contributed by atoms with Crippen molar-refractivity contribution in [2.45, 2.75) is 44.8 Å². The van der Waals surface area contributed by atoms with Crippen LogP contribution in [0.4, 0.5) is 11.5 Å². The zero-order valence-corrected chi connectivity index (χ0v) is 30.5. The first-order valence-electron chi connectivity index (χ1n) is 17.3. The number of nitrogens with zero attached hydrogens (tertiary/aromatic N) is 5. The molecule has 0 saturated heterocycles. The number of fused-ring (bicyclic) bond motifs is 1. The van der Waals surface area contributed by atoms with E-state index in [1.54, 1.807) is 73.8 Å². The van der Waals surface area contributed by atoms with Gasteiger partial charge >= 0.3 is 17.9 Å². The number of guanidine groups is 1. The van der Waals surface area contributed by atoms with Gasteiger partial charge in [0.25, 0.3) is 5.91 Å². The molecule has 292 valence electrons. The summed E-state index contributed by atoms with van der Waals surface area (Å²) in [5.41, 5.74) is 31.3. The molecular formula is C36H46N12O7. The minimum Gasteiger partial charge on any atom is -0.469 e. The number of carbonyl (C=O) groups is 4. The van der Waals surface area contributed by atoms with Gasteiger partial charge in [-0.2, -0.15) is 0 Å². The Morgan fingerprint density at radius 3 is 2.42 bits per heavy atom. The number of benzene rings is 2. The number of nitrogens with two attached hydrogens (primary N) is 5. The van der Waals surface area contributed by atoms with Crippen LogP contribution in [0.15, 0.2) is 77.0 Å². The summed E-state index contributed by atoms with van der Waals surface area (Å²) in [5, 5.41) is 6.97. The highest BCUT2D eigenvalue weighted by molar-refractivity contribution is 6.07. The van der Waals surface area contributed by atoms with Crippen LogP contribution in [0.2, 0.25) is 0 Å². The third-order valence-electron chi connectivity index (χ3n) is 8.23. The van der Waals surface area contributed by atoms with Gasteiger partial charge in [-0.3, -0.25) is 24.3 Å². The van der Waals surface area contributed by atoms with E-state index in [1.807, 2.05) is 0 Å². The van der Waals surface area contributed by atoms with E-state index < -0.39 is 35.9 Å². The number of imidazole rings is 1. The number of aromatic nitrogens is 3. The number of aromatic amines is 1. The molecule has 0 aliphatic heterocycles. The number of amidine groups is 1. The largest absolute Gasteiger partial charge is 0.469 e. The molecule has 1 amide bonds. The SMILES string of the molecule is COC(=O)CCN(C(=O)c1ccc2nc(CNc3ccc(/C(N)=N/OC(=O)C(N)C(C)COC(=O)C(N)CCCN=C(N)N)cc3)[nH]c2c1)c1ccccn1. The quantitative estimate of drug-likeness (QED) is 0.0174. The van der Waals surface area contributed by atoms with Crippen molar-refractivity contribution in [2.24, 2.45) is 44.7 Å². The Kier molecular flexibility index (Phi) is 15.0. The van der Waals surface area contributed by atoms with Crippen molar-refractivity contribution in [1.29, 1.82) is 0 Å². The molecule has 0 spiro atoms. The molecular weight excluding hydrogens is 712 g/mol. The summed E-state index contributed by atoms with van der Waals surface area (Å²) in [6.07, 6.45) is 2.38. The fourth-order valence-corrected chi connectivity index (χ4v) is 5.02. The van der Waals surface area contributed by atoms with Crippen LogP contribution in [0.1, 0.15) is 47.9 Å². The molecule has 0 radical (unpaired) electrons. The predicted molar refractivity (Wildman–Crippen MR) is 205 cm³/mol. The van der Waals surface area contributed by atoms with Gasteiger partial charge in [0.1, 0.15) is 23.7 Å². The van der Waals surface area contributed by atoms with Gasteiger partial charge in [-0.1, -0.05) is 18.1 Å². The summed E-state index contributed by atoms with van der Waals surface area (Å²) in [6, 6.07) is 15.2. The fraction of sp³-hybridized carbons (Fsp3) is 0.333. The van der Waals surface area contributed by atoms with Crippen LogP contribution in [0.3, 0.4) is 0 Å². The summed E-state index contributed by atoms with van der Waals surface area (Å²) >= 11 is 0.